The van der Waals surface area contributed by atoms with Gasteiger partial charge in [-0.1, -0.05) is 0 Å². The Morgan fingerprint density at radius 1 is 1.38 bits per heavy atom. The van der Waals surface area contributed by atoms with Crippen LogP contribution in [0.25, 0.3) is 11.0 Å². The standard InChI is InChI=1S/C13H14FNO/c14-11-6-9-3-5-16-13(9)12(7-11)10-2-1-4-15-8-10/h3,5-7,10,15H,1-2,4,8H2. The summed E-state index contributed by atoms with van der Waals surface area (Å²) in [6.45, 7) is 1.98. The van der Waals surface area contributed by atoms with Gasteiger partial charge in [-0.3, -0.25) is 0 Å². The molecule has 0 bridgehead atoms. The van der Waals surface area contributed by atoms with Gasteiger partial charge in [0.1, 0.15) is 11.4 Å². The minimum Gasteiger partial charge on any atom is -0.464 e. The fraction of sp³-hybridized carbons (Fsp3) is 0.385. The summed E-state index contributed by atoms with van der Waals surface area (Å²) in [5, 5.41) is 4.21. The molecule has 1 saturated heterocycles. The molecule has 1 aromatic carbocycles. The molecule has 1 fully saturated rings. The maximum Gasteiger partial charge on any atom is 0.137 e. The summed E-state index contributed by atoms with van der Waals surface area (Å²) in [5.41, 5.74) is 1.85. The lowest BCUT2D eigenvalue weighted by atomic mass is 9.90. The van der Waals surface area contributed by atoms with Gasteiger partial charge in [0.05, 0.1) is 6.26 Å². The number of hydrogen-bond donors (Lipinski definition) is 1. The van der Waals surface area contributed by atoms with Gasteiger partial charge in [0.15, 0.2) is 0 Å². The lowest BCUT2D eigenvalue weighted by Gasteiger charge is -2.23. The van der Waals surface area contributed by atoms with Gasteiger partial charge in [0.25, 0.3) is 0 Å². The third kappa shape index (κ3) is 1.61. The summed E-state index contributed by atoms with van der Waals surface area (Å²) in [4.78, 5) is 0. The molecule has 2 nitrogen and oxygen atoms in total. The van der Waals surface area contributed by atoms with Crippen molar-refractivity contribution in [3.63, 3.8) is 0 Å². The predicted octanol–water partition coefficient (Wildman–Crippen LogP) is 3.04. The number of halogens is 1. The van der Waals surface area contributed by atoms with Gasteiger partial charge in [-0.2, -0.15) is 0 Å². The summed E-state index contributed by atoms with van der Waals surface area (Å²) in [6.07, 6.45) is 3.87. The van der Waals surface area contributed by atoms with E-state index < -0.39 is 0 Å². The number of benzene rings is 1. The maximum absolute atomic E-state index is 13.5. The zero-order valence-corrected chi connectivity index (χ0v) is 9.00. The van der Waals surface area contributed by atoms with Crippen LogP contribution in [0.3, 0.4) is 0 Å². The Morgan fingerprint density at radius 2 is 2.31 bits per heavy atom. The third-order valence-corrected chi connectivity index (χ3v) is 3.28. The molecule has 0 spiro atoms. The molecule has 0 radical (unpaired) electrons. The van der Waals surface area contributed by atoms with Gasteiger partial charge in [0.2, 0.25) is 0 Å². The summed E-state index contributed by atoms with van der Waals surface area (Å²) >= 11 is 0. The zero-order valence-electron chi connectivity index (χ0n) is 9.00. The van der Waals surface area contributed by atoms with Crippen LogP contribution in [0.2, 0.25) is 0 Å². The summed E-state index contributed by atoms with van der Waals surface area (Å²) in [6, 6.07) is 4.96. The first-order valence-electron chi connectivity index (χ1n) is 5.72. The monoisotopic (exact) mass is 219 g/mol. The van der Waals surface area contributed by atoms with Gasteiger partial charge < -0.3 is 9.73 Å². The molecule has 1 atom stereocenters. The highest BCUT2D eigenvalue weighted by atomic mass is 19.1. The van der Waals surface area contributed by atoms with Crippen molar-refractivity contribution in [3.05, 3.63) is 35.8 Å². The fourth-order valence-corrected chi connectivity index (χ4v) is 2.49. The first-order valence-corrected chi connectivity index (χ1v) is 5.72. The molecule has 3 heteroatoms. The molecule has 1 unspecified atom stereocenters. The first kappa shape index (κ1) is 9.85. The molecular weight excluding hydrogens is 205 g/mol. The molecule has 1 aliphatic heterocycles. The van der Waals surface area contributed by atoms with Crippen molar-refractivity contribution in [2.45, 2.75) is 18.8 Å². The van der Waals surface area contributed by atoms with Crippen LogP contribution in [-0.4, -0.2) is 13.1 Å². The highest BCUT2D eigenvalue weighted by molar-refractivity contribution is 5.81. The van der Waals surface area contributed by atoms with Crippen LogP contribution in [0.5, 0.6) is 0 Å². The fourth-order valence-electron chi connectivity index (χ4n) is 2.49. The van der Waals surface area contributed by atoms with E-state index >= 15 is 0 Å². The quantitative estimate of drug-likeness (QED) is 0.797. The molecule has 0 saturated carbocycles. The molecule has 3 rings (SSSR count). The molecule has 1 aliphatic rings. The van der Waals surface area contributed by atoms with E-state index in [0.717, 1.165) is 42.5 Å². The molecule has 0 aliphatic carbocycles. The van der Waals surface area contributed by atoms with Crippen LogP contribution in [-0.2, 0) is 0 Å². The first-order chi connectivity index (χ1) is 7.84. The van der Waals surface area contributed by atoms with Gasteiger partial charge in [0, 0.05) is 23.4 Å². The Kier molecular flexibility index (Phi) is 2.40. The minimum absolute atomic E-state index is 0.172. The van der Waals surface area contributed by atoms with Crippen molar-refractivity contribution in [1.82, 2.24) is 5.32 Å². The van der Waals surface area contributed by atoms with Crippen molar-refractivity contribution in [2.24, 2.45) is 0 Å². The van der Waals surface area contributed by atoms with E-state index in [4.69, 9.17) is 4.42 Å². The lowest BCUT2D eigenvalue weighted by molar-refractivity contribution is 0.457. The van der Waals surface area contributed by atoms with Crippen LogP contribution in [0, 0.1) is 5.82 Å². The van der Waals surface area contributed by atoms with Crippen molar-refractivity contribution < 1.29 is 8.81 Å². The molecule has 1 N–H and O–H groups in total. The van der Waals surface area contributed by atoms with Crippen LogP contribution < -0.4 is 5.32 Å². The Morgan fingerprint density at radius 3 is 3.12 bits per heavy atom. The number of rotatable bonds is 1. The van der Waals surface area contributed by atoms with E-state index in [-0.39, 0.29) is 5.82 Å². The van der Waals surface area contributed by atoms with Gasteiger partial charge in [-0.05, 0) is 37.6 Å². The molecule has 0 amide bonds. The highest BCUT2D eigenvalue weighted by Gasteiger charge is 2.19. The maximum atomic E-state index is 13.5. The molecule has 2 aromatic rings. The smallest absolute Gasteiger partial charge is 0.137 e. The minimum atomic E-state index is -0.172. The van der Waals surface area contributed by atoms with Crippen LogP contribution in [0.4, 0.5) is 4.39 Å². The van der Waals surface area contributed by atoms with E-state index in [1.807, 2.05) is 6.07 Å². The number of nitrogens with one attached hydrogen (secondary N) is 1. The van der Waals surface area contributed by atoms with E-state index in [2.05, 4.69) is 5.32 Å². The molecule has 1 aromatic heterocycles. The van der Waals surface area contributed by atoms with Crippen LogP contribution >= 0.6 is 0 Å². The van der Waals surface area contributed by atoms with E-state index in [9.17, 15) is 4.39 Å². The van der Waals surface area contributed by atoms with Crippen molar-refractivity contribution >= 4 is 11.0 Å². The normalized spacial score (nSPS) is 21.4. The van der Waals surface area contributed by atoms with Gasteiger partial charge in [-0.25, -0.2) is 4.39 Å². The number of piperidine rings is 1. The van der Waals surface area contributed by atoms with Crippen LogP contribution in [0.15, 0.2) is 28.9 Å². The van der Waals surface area contributed by atoms with Crippen LogP contribution in [0.1, 0.15) is 24.3 Å². The van der Waals surface area contributed by atoms with Gasteiger partial charge in [-0.15, -0.1) is 0 Å². The number of furan rings is 1. The number of hydrogen-bond acceptors (Lipinski definition) is 2. The second-order valence-corrected chi connectivity index (χ2v) is 4.38. The van der Waals surface area contributed by atoms with Crippen molar-refractivity contribution in [1.29, 1.82) is 0 Å². The lowest BCUT2D eigenvalue weighted by Crippen LogP contribution is -2.28. The van der Waals surface area contributed by atoms with E-state index in [1.165, 1.54) is 6.07 Å². The Bertz CT molecular complexity index is 500. The Labute approximate surface area is 93.4 Å². The summed E-state index contributed by atoms with van der Waals surface area (Å²) < 4.78 is 18.9. The zero-order chi connectivity index (χ0) is 11.0. The highest BCUT2D eigenvalue weighted by Crippen LogP contribution is 2.31. The predicted molar refractivity (Wildman–Crippen MR) is 61.0 cm³/mol. The average Bonchev–Trinajstić information content (AvgIpc) is 2.77. The van der Waals surface area contributed by atoms with E-state index in [0.29, 0.717) is 5.92 Å². The molecule has 16 heavy (non-hydrogen) atoms. The molecule has 2 heterocycles. The largest absolute Gasteiger partial charge is 0.464 e. The number of fused-ring (bicyclic) bond motifs is 1. The SMILES string of the molecule is Fc1cc(C2CCCNC2)c2occc2c1. The van der Waals surface area contributed by atoms with E-state index in [1.54, 1.807) is 12.3 Å². The molecular formula is C13H14FNO. The van der Waals surface area contributed by atoms with Crippen molar-refractivity contribution in [2.75, 3.05) is 13.1 Å². The topological polar surface area (TPSA) is 25.2 Å². The summed E-state index contributed by atoms with van der Waals surface area (Å²) in [5.74, 6) is 0.201. The average molecular weight is 219 g/mol. The second kappa shape index (κ2) is 3.91. The second-order valence-electron chi connectivity index (χ2n) is 4.38. The third-order valence-electron chi connectivity index (χ3n) is 3.28. The molecule has 84 valence electrons. The van der Waals surface area contributed by atoms with Gasteiger partial charge >= 0.3 is 0 Å². The Balaban J connectivity index is 2.09. The Hall–Kier alpha value is -1.35. The van der Waals surface area contributed by atoms with Crippen molar-refractivity contribution in [3.8, 4) is 0 Å². The summed E-state index contributed by atoms with van der Waals surface area (Å²) in [7, 11) is 0.